The zero-order chi connectivity index (χ0) is 21.1. The second-order valence-corrected chi connectivity index (χ2v) is 8.18. The molecule has 2 heterocycles. The molecule has 0 bridgehead atoms. The quantitative estimate of drug-likeness (QED) is 0.196. The highest BCUT2D eigenvalue weighted by atomic mass is 127. The van der Waals surface area contributed by atoms with Crippen molar-refractivity contribution >= 4 is 35.8 Å². The molecular formula is C22H40IN5O2. The van der Waals surface area contributed by atoms with Gasteiger partial charge in [-0.3, -0.25) is 14.7 Å². The smallest absolute Gasteiger partial charge is 0.287 e. The summed E-state index contributed by atoms with van der Waals surface area (Å²) in [4.78, 5) is 19.0. The van der Waals surface area contributed by atoms with E-state index < -0.39 is 0 Å². The van der Waals surface area contributed by atoms with E-state index >= 15 is 0 Å². The zero-order valence-corrected chi connectivity index (χ0v) is 21.3. The van der Waals surface area contributed by atoms with Crippen molar-refractivity contribution in [1.82, 2.24) is 20.9 Å². The van der Waals surface area contributed by atoms with Crippen molar-refractivity contribution < 1.29 is 9.21 Å². The van der Waals surface area contributed by atoms with E-state index in [0.29, 0.717) is 24.3 Å². The Labute approximate surface area is 198 Å². The largest absolute Gasteiger partial charge is 0.459 e. The highest BCUT2D eigenvalue weighted by molar-refractivity contribution is 14.0. The molecule has 172 valence electrons. The molecule has 1 fully saturated rings. The standard InChI is InChI=1S/C22H39N5O2.HI/c1-17(2)19(27-13-7-5-6-8-14-27)16-26-22(23-4)25-12-9-11-24-21(28)20-18(3)10-15-29-20;/h10,15,17,19H,5-9,11-14,16H2,1-4H3,(H,24,28)(H2,23,25,26);1H. The second kappa shape index (κ2) is 14.7. The first-order chi connectivity index (χ1) is 14.0. The van der Waals surface area contributed by atoms with Crippen LogP contribution in [0.5, 0.6) is 0 Å². The van der Waals surface area contributed by atoms with Crippen LogP contribution in [0.3, 0.4) is 0 Å². The number of aliphatic imine (C=N–C) groups is 1. The number of halogens is 1. The molecule has 3 N–H and O–H groups in total. The topological polar surface area (TPSA) is 81.9 Å². The lowest BCUT2D eigenvalue weighted by Gasteiger charge is -2.34. The second-order valence-electron chi connectivity index (χ2n) is 8.18. The Balaban J connectivity index is 0.00000450. The van der Waals surface area contributed by atoms with Gasteiger partial charge in [0.05, 0.1) is 6.26 Å². The maximum absolute atomic E-state index is 12.0. The van der Waals surface area contributed by atoms with E-state index in [1.54, 1.807) is 13.1 Å². The van der Waals surface area contributed by atoms with Crippen LogP contribution in [0.4, 0.5) is 0 Å². The van der Waals surface area contributed by atoms with Gasteiger partial charge in [-0.25, -0.2) is 0 Å². The highest BCUT2D eigenvalue weighted by Crippen LogP contribution is 2.17. The van der Waals surface area contributed by atoms with E-state index in [2.05, 4.69) is 39.7 Å². The summed E-state index contributed by atoms with van der Waals surface area (Å²) in [6.07, 6.45) is 7.67. The van der Waals surface area contributed by atoms with E-state index in [-0.39, 0.29) is 29.9 Å². The molecule has 0 radical (unpaired) electrons. The minimum atomic E-state index is -0.160. The lowest BCUT2D eigenvalue weighted by atomic mass is 10.0. The Bertz CT molecular complexity index is 639. The molecule has 1 unspecified atom stereocenters. The number of nitrogens with zero attached hydrogens (tertiary/aromatic N) is 2. The van der Waals surface area contributed by atoms with E-state index in [1.165, 1.54) is 45.0 Å². The van der Waals surface area contributed by atoms with Crippen LogP contribution in [0.15, 0.2) is 21.7 Å². The van der Waals surface area contributed by atoms with Crippen molar-refractivity contribution in [1.29, 1.82) is 0 Å². The van der Waals surface area contributed by atoms with Gasteiger partial charge < -0.3 is 20.4 Å². The summed E-state index contributed by atoms with van der Waals surface area (Å²) < 4.78 is 5.21. The Morgan fingerprint density at radius 2 is 1.80 bits per heavy atom. The van der Waals surface area contributed by atoms with Crippen LogP contribution >= 0.6 is 24.0 Å². The minimum absolute atomic E-state index is 0. The molecule has 8 heteroatoms. The lowest BCUT2D eigenvalue weighted by molar-refractivity contribution is 0.0925. The van der Waals surface area contributed by atoms with Crippen LogP contribution < -0.4 is 16.0 Å². The number of furan rings is 1. The van der Waals surface area contributed by atoms with E-state index in [0.717, 1.165) is 31.0 Å². The third-order valence-corrected chi connectivity index (χ3v) is 5.58. The van der Waals surface area contributed by atoms with Gasteiger partial charge in [-0.2, -0.15) is 0 Å². The third-order valence-electron chi connectivity index (χ3n) is 5.58. The highest BCUT2D eigenvalue weighted by Gasteiger charge is 2.22. The first-order valence-corrected chi connectivity index (χ1v) is 11.0. The molecule has 0 aliphatic carbocycles. The van der Waals surface area contributed by atoms with Crippen LogP contribution in [-0.2, 0) is 0 Å². The Morgan fingerprint density at radius 3 is 2.37 bits per heavy atom. The molecular weight excluding hydrogens is 493 g/mol. The molecule has 2 rings (SSSR count). The number of amides is 1. The summed E-state index contributed by atoms with van der Waals surface area (Å²) in [6, 6.07) is 2.31. The van der Waals surface area contributed by atoms with Gasteiger partial charge in [0.2, 0.25) is 0 Å². The fraction of sp³-hybridized carbons (Fsp3) is 0.727. The molecule has 1 aliphatic heterocycles. The van der Waals surface area contributed by atoms with Crippen molar-refractivity contribution in [3.63, 3.8) is 0 Å². The number of hydrogen-bond acceptors (Lipinski definition) is 4. The van der Waals surface area contributed by atoms with Gasteiger partial charge in [-0.1, -0.05) is 26.7 Å². The molecule has 0 spiro atoms. The molecule has 1 aromatic rings. The number of carbonyl (C=O) groups excluding carboxylic acids is 1. The number of carbonyl (C=O) groups is 1. The predicted octanol–water partition coefficient (Wildman–Crippen LogP) is 3.39. The molecule has 1 amide bonds. The monoisotopic (exact) mass is 533 g/mol. The van der Waals surface area contributed by atoms with E-state index in [4.69, 9.17) is 4.42 Å². The Hall–Kier alpha value is -1.29. The maximum atomic E-state index is 12.0. The van der Waals surface area contributed by atoms with Crippen molar-refractivity contribution in [2.24, 2.45) is 10.9 Å². The van der Waals surface area contributed by atoms with Crippen molar-refractivity contribution in [3.8, 4) is 0 Å². The summed E-state index contributed by atoms with van der Waals surface area (Å²) in [7, 11) is 1.80. The molecule has 1 aromatic heterocycles. The normalized spacial score (nSPS) is 16.5. The number of likely N-dealkylation sites (tertiary alicyclic amines) is 1. The lowest BCUT2D eigenvalue weighted by Crippen LogP contribution is -2.50. The molecule has 0 aromatic carbocycles. The van der Waals surface area contributed by atoms with Crippen molar-refractivity contribution in [2.75, 3.05) is 39.8 Å². The van der Waals surface area contributed by atoms with Gasteiger partial charge in [0, 0.05) is 38.3 Å². The summed E-state index contributed by atoms with van der Waals surface area (Å²) in [6.45, 7) is 11.1. The van der Waals surface area contributed by atoms with Gasteiger partial charge in [0.25, 0.3) is 5.91 Å². The van der Waals surface area contributed by atoms with Crippen LogP contribution in [-0.4, -0.2) is 62.6 Å². The summed E-state index contributed by atoms with van der Waals surface area (Å²) in [5.74, 6) is 1.65. The summed E-state index contributed by atoms with van der Waals surface area (Å²) in [5.41, 5.74) is 0.856. The van der Waals surface area contributed by atoms with Gasteiger partial charge in [0.1, 0.15) is 0 Å². The number of guanidine groups is 1. The van der Waals surface area contributed by atoms with Crippen LogP contribution in [0.25, 0.3) is 0 Å². The molecule has 1 atom stereocenters. The van der Waals surface area contributed by atoms with E-state index in [1.807, 2.05) is 6.92 Å². The Kier molecular flexibility index (Phi) is 13.1. The summed E-state index contributed by atoms with van der Waals surface area (Å²) >= 11 is 0. The van der Waals surface area contributed by atoms with Crippen LogP contribution in [0.1, 0.15) is 62.1 Å². The predicted molar refractivity (Wildman–Crippen MR) is 134 cm³/mol. The van der Waals surface area contributed by atoms with Crippen LogP contribution in [0, 0.1) is 12.8 Å². The van der Waals surface area contributed by atoms with Gasteiger partial charge >= 0.3 is 0 Å². The molecule has 0 saturated carbocycles. The first kappa shape index (κ1) is 26.7. The van der Waals surface area contributed by atoms with Crippen LogP contribution in [0.2, 0.25) is 0 Å². The number of nitrogens with one attached hydrogen (secondary N) is 3. The molecule has 30 heavy (non-hydrogen) atoms. The maximum Gasteiger partial charge on any atom is 0.287 e. The zero-order valence-electron chi connectivity index (χ0n) is 19.0. The minimum Gasteiger partial charge on any atom is -0.459 e. The SMILES string of the molecule is CN=C(NCCCNC(=O)c1occc1C)NCC(C(C)C)N1CCCCCC1.I. The van der Waals surface area contributed by atoms with Gasteiger partial charge in [-0.05, 0) is 51.3 Å². The number of rotatable bonds is 9. The fourth-order valence-corrected chi connectivity index (χ4v) is 3.82. The van der Waals surface area contributed by atoms with Gasteiger partial charge in [0.15, 0.2) is 11.7 Å². The van der Waals surface area contributed by atoms with Crippen molar-refractivity contribution in [2.45, 2.75) is 58.9 Å². The molecule has 1 saturated heterocycles. The van der Waals surface area contributed by atoms with Gasteiger partial charge in [-0.15, -0.1) is 24.0 Å². The average Bonchev–Trinajstić information content (AvgIpc) is 2.96. The van der Waals surface area contributed by atoms with Crippen molar-refractivity contribution in [3.05, 3.63) is 23.7 Å². The average molecular weight is 533 g/mol. The first-order valence-electron chi connectivity index (χ1n) is 11.0. The summed E-state index contributed by atoms with van der Waals surface area (Å²) in [5, 5.41) is 9.73. The number of hydrogen-bond donors (Lipinski definition) is 3. The molecule has 1 aliphatic rings. The third kappa shape index (κ3) is 8.83. The fourth-order valence-electron chi connectivity index (χ4n) is 3.82. The van der Waals surface area contributed by atoms with E-state index in [9.17, 15) is 4.79 Å². The number of aryl methyl sites for hydroxylation is 1. The Morgan fingerprint density at radius 1 is 1.13 bits per heavy atom. The molecule has 7 nitrogen and oxygen atoms in total.